The van der Waals surface area contributed by atoms with Gasteiger partial charge in [0.25, 0.3) is 0 Å². The summed E-state index contributed by atoms with van der Waals surface area (Å²) < 4.78 is 7.73. The number of aliphatic carboxylic acids is 1. The summed E-state index contributed by atoms with van der Waals surface area (Å²) in [6, 6.07) is 5.52. The molecule has 0 amide bonds. The fourth-order valence-corrected chi connectivity index (χ4v) is 2.77. The van der Waals surface area contributed by atoms with Crippen molar-refractivity contribution in [1.29, 1.82) is 0 Å². The highest BCUT2D eigenvalue weighted by molar-refractivity contribution is 5.74. The number of nitrogens with zero attached hydrogens (tertiary/aromatic N) is 3. The van der Waals surface area contributed by atoms with Gasteiger partial charge in [0.05, 0.1) is 30.9 Å². The van der Waals surface area contributed by atoms with Gasteiger partial charge in [-0.25, -0.2) is 0 Å². The second kappa shape index (κ2) is 8.42. The van der Waals surface area contributed by atoms with Crippen LogP contribution in [0.4, 0.5) is 0 Å². The van der Waals surface area contributed by atoms with Gasteiger partial charge in [-0.2, -0.15) is 0 Å². The van der Waals surface area contributed by atoms with Gasteiger partial charge in [-0.15, -0.1) is 5.10 Å². The number of carboxylic acid groups (broad SMARTS) is 1. The van der Waals surface area contributed by atoms with Crippen molar-refractivity contribution >= 4 is 5.97 Å². The van der Waals surface area contributed by atoms with E-state index in [0.717, 1.165) is 24.1 Å². The average molecular weight is 361 g/mol. The molecule has 0 unspecified atom stereocenters. The van der Waals surface area contributed by atoms with Crippen LogP contribution in [0.3, 0.4) is 0 Å². The smallest absolute Gasteiger partial charge is 0.312 e. The molecule has 7 heteroatoms. The van der Waals surface area contributed by atoms with E-state index in [0.29, 0.717) is 11.3 Å². The predicted molar refractivity (Wildman–Crippen MR) is 96.4 cm³/mol. The monoisotopic (exact) mass is 361 g/mol. The first kappa shape index (κ1) is 20.1. The van der Waals surface area contributed by atoms with Crippen LogP contribution in [0.5, 0.6) is 0 Å². The Morgan fingerprint density at radius 3 is 2.73 bits per heavy atom. The van der Waals surface area contributed by atoms with Gasteiger partial charge in [0.2, 0.25) is 0 Å². The summed E-state index contributed by atoms with van der Waals surface area (Å²) in [5, 5.41) is 27.3. The van der Waals surface area contributed by atoms with Crippen LogP contribution in [0, 0.1) is 12.3 Å². The van der Waals surface area contributed by atoms with Crippen molar-refractivity contribution in [2.45, 2.75) is 60.0 Å². The molecule has 142 valence electrons. The van der Waals surface area contributed by atoms with Crippen molar-refractivity contribution in [3.05, 3.63) is 46.8 Å². The number of hydrogen-bond acceptors (Lipinski definition) is 5. The zero-order valence-corrected chi connectivity index (χ0v) is 15.8. The Labute approximate surface area is 153 Å². The molecule has 0 aliphatic heterocycles. The SMILES string of the molecule is CCCn1cc(CO[C@H](c2ccc(C)c(CO)c2)C(C)(C)C(=O)O)nn1. The zero-order valence-electron chi connectivity index (χ0n) is 15.8. The van der Waals surface area contributed by atoms with Crippen molar-refractivity contribution in [2.75, 3.05) is 0 Å². The first-order valence-electron chi connectivity index (χ1n) is 8.73. The molecule has 1 aromatic heterocycles. The van der Waals surface area contributed by atoms with E-state index in [1.54, 1.807) is 24.6 Å². The van der Waals surface area contributed by atoms with Crippen LogP contribution in [-0.4, -0.2) is 31.2 Å². The number of benzene rings is 1. The lowest BCUT2D eigenvalue weighted by molar-refractivity contribution is -0.158. The Morgan fingerprint density at radius 1 is 1.38 bits per heavy atom. The second-order valence-corrected chi connectivity index (χ2v) is 7.03. The molecule has 0 aliphatic carbocycles. The van der Waals surface area contributed by atoms with Crippen molar-refractivity contribution in [3.63, 3.8) is 0 Å². The summed E-state index contributed by atoms with van der Waals surface area (Å²) in [5.41, 5.74) is 1.92. The van der Waals surface area contributed by atoms with Crippen LogP contribution in [0.2, 0.25) is 0 Å². The van der Waals surface area contributed by atoms with Crippen molar-refractivity contribution in [3.8, 4) is 0 Å². The van der Waals surface area contributed by atoms with Gasteiger partial charge in [0.1, 0.15) is 5.69 Å². The van der Waals surface area contributed by atoms with Gasteiger partial charge in [0.15, 0.2) is 0 Å². The van der Waals surface area contributed by atoms with E-state index in [1.165, 1.54) is 0 Å². The molecule has 2 aromatic rings. The number of aryl methyl sites for hydroxylation is 2. The molecule has 26 heavy (non-hydrogen) atoms. The molecular formula is C19H27N3O4. The van der Waals surface area contributed by atoms with Gasteiger partial charge in [-0.3, -0.25) is 9.48 Å². The van der Waals surface area contributed by atoms with E-state index >= 15 is 0 Å². The van der Waals surface area contributed by atoms with E-state index in [2.05, 4.69) is 17.2 Å². The van der Waals surface area contributed by atoms with Crippen LogP contribution >= 0.6 is 0 Å². The minimum atomic E-state index is -1.15. The first-order chi connectivity index (χ1) is 12.3. The zero-order chi connectivity index (χ0) is 19.3. The Morgan fingerprint density at radius 2 is 2.12 bits per heavy atom. The van der Waals surface area contributed by atoms with Gasteiger partial charge >= 0.3 is 5.97 Å². The molecule has 0 bridgehead atoms. The molecule has 1 aromatic carbocycles. The quantitative estimate of drug-likeness (QED) is 0.713. The maximum atomic E-state index is 11.8. The molecule has 7 nitrogen and oxygen atoms in total. The second-order valence-electron chi connectivity index (χ2n) is 7.03. The minimum Gasteiger partial charge on any atom is -0.481 e. The Balaban J connectivity index is 2.28. The Kier molecular flexibility index (Phi) is 6.50. The molecule has 0 spiro atoms. The third kappa shape index (κ3) is 4.47. The lowest BCUT2D eigenvalue weighted by Gasteiger charge is -2.31. The van der Waals surface area contributed by atoms with Crippen molar-refractivity contribution in [1.82, 2.24) is 15.0 Å². The van der Waals surface area contributed by atoms with E-state index < -0.39 is 17.5 Å². The topological polar surface area (TPSA) is 97.5 Å². The number of carboxylic acids is 1. The molecule has 1 heterocycles. The molecule has 0 saturated heterocycles. The maximum absolute atomic E-state index is 11.8. The van der Waals surface area contributed by atoms with Crippen LogP contribution in [0.1, 0.15) is 55.7 Å². The van der Waals surface area contributed by atoms with E-state index in [4.69, 9.17) is 4.74 Å². The number of aromatic nitrogens is 3. The van der Waals surface area contributed by atoms with Gasteiger partial charge < -0.3 is 14.9 Å². The highest BCUT2D eigenvalue weighted by Gasteiger charge is 2.39. The molecule has 0 aliphatic rings. The lowest BCUT2D eigenvalue weighted by atomic mass is 9.82. The third-order valence-electron chi connectivity index (χ3n) is 4.49. The lowest BCUT2D eigenvalue weighted by Crippen LogP contribution is -2.33. The molecule has 0 saturated carbocycles. The molecule has 0 radical (unpaired) electrons. The molecular weight excluding hydrogens is 334 g/mol. The number of rotatable bonds is 9. The predicted octanol–water partition coefficient (Wildman–Crippen LogP) is 2.86. The molecule has 1 atom stereocenters. The van der Waals surface area contributed by atoms with Crippen LogP contribution in [0.25, 0.3) is 0 Å². The number of hydrogen-bond donors (Lipinski definition) is 2. The summed E-state index contributed by atoms with van der Waals surface area (Å²) >= 11 is 0. The summed E-state index contributed by atoms with van der Waals surface area (Å²) in [6.07, 6.45) is 2.07. The van der Waals surface area contributed by atoms with Gasteiger partial charge in [-0.05, 0) is 43.9 Å². The van der Waals surface area contributed by atoms with E-state index in [9.17, 15) is 15.0 Å². The number of aliphatic hydroxyl groups excluding tert-OH is 1. The summed E-state index contributed by atoms with van der Waals surface area (Å²) in [4.78, 5) is 11.8. The van der Waals surface area contributed by atoms with Gasteiger partial charge in [0, 0.05) is 6.54 Å². The van der Waals surface area contributed by atoms with Crippen molar-refractivity contribution < 1.29 is 19.7 Å². The number of aliphatic hydroxyl groups is 1. The average Bonchev–Trinajstić information content (AvgIpc) is 3.04. The maximum Gasteiger partial charge on any atom is 0.312 e. The van der Waals surface area contributed by atoms with Gasteiger partial charge in [-0.1, -0.05) is 30.3 Å². The highest BCUT2D eigenvalue weighted by atomic mass is 16.5. The largest absolute Gasteiger partial charge is 0.481 e. The normalized spacial score (nSPS) is 13.0. The summed E-state index contributed by atoms with van der Waals surface area (Å²) in [7, 11) is 0. The third-order valence-corrected chi connectivity index (χ3v) is 4.49. The van der Waals surface area contributed by atoms with Crippen LogP contribution < -0.4 is 0 Å². The van der Waals surface area contributed by atoms with E-state index in [-0.39, 0.29) is 13.2 Å². The minimum absolute atomic E-state index is 0.106. The molecule has 2 rings (SSSR count). The fourth-order valence-electron chi connectivity index (χ4n) is 2.77. The standard InChI is InChI=1S/C19H27N3O4/c1-5-8-22-10-16(20-21-22)12-26-17(19(3,4)18(24)25)14-7-6-13(2)15(9-14)11-23/h6-7,9-10,17,23H,5,8,11-12H2,1-4H3,(H,24,25)/t17-/m1/s1. The molecule has 0 fully saturated rings. The fraction of sp³-hybridized carbons (Fsp3) is 0.526. The van der Waals surface area contributed by atoms with Crippen molar-refractivity contribution in [2.24, 2.45) is 5.41 Å². The Hall–Kier alpha value is -2.25. The molecule has 2 N–H and O–H groups in total. The summed E-state index contributed by atoms with van der Waals surface area (Å²) in [5.74, 6) is -0.955. The van der Waals surface area contributed by atoms with Crippen LogP contribution in [-0.2, 0) is 29.3 Å². The van der Waals surface area contributed by atoms with Crippen LogP contribution in [0.15, 0.2) is 24.4 Å². The number of carbonyl (C=O) groups is 1. The number of ether oxygens (including phenoxy) is 1. The Bertz CT molecular complexity index is 755. The first-order valence-corrected chi connectivity index (χ1v) is 8.73. The van der Waals surface area contributed by atoms with E-state index in [1.807, 2.05) is 25.3 Å². The highest BCUT2D eigenvalue weighted by Crippen LogP contribution is 2.38. The summed E-state index contributed by atoms with van der Waals surface area (Å²) in [6.45, 7) is 8.05.